The summed E-state index contributed by atoms with van der Waals surface area (Å²) in [6.45, 7) is 24.3. The molecular weight excluding hydrogens is 258 g/mol. The quantitative estimate of drug-likeness (QED) is 0.742. The molecule has 0 aromatic rings. The molecule has 0 N–H and O–H groups in total. The largest absolute Gasteiger partial charge is 0.423 e. The molecule has 0 aliphatic heterocycles. The van der Waals surface area contributed by atoms with Gasteiger partial charge in [0.2, 0.25) is 0 Å². The van der Waals surface area contributed by atoms with Crippen molar-refractivity contribution in [3.8, 4) is 0 Å². The van der Waals surface area contributed by atoms with Crippen LogP contribution >= 0.6 is 0 Å². The van der Waals surface area contributed by atoms with Gasteiger partial charge in [0, 0.05) is 5.60 Å². The molecule has 0 bridgehead atoms. The Hall–Kier alpha value is 0.571. The van der Waals surface area contributed by atoms with Crippen LogP contribution in [0, 0.1) is 0 Å². The van der Waals surface area contributed by atoms with Crippen molar-refractivity contribution >= 4 is 27.0 Å². The maximum atomic E-state index is 5.08. The average molecular weight is 294 g/mol. The van der Waals surface area contributed by atoms with Gasteiger partial charge < -0.3 is 8.66 Å². The van der Waals surface area contributed by atoms with E-state index in [9.17, 15) is 0 Å². The van der Waals surface area contributed by atoms with Gasteiger partial charge in [0.15, 0.2) is 0 Å². The fraction of sp³-hybridized carbons (Fsp3) is 1.00. The Morgan fingerprint density at radius 1 is 0.941 bits per heavy atom. The van der Waals surface area contributed by atoms with Gasteiger partial charge in [0.25, 0.3) is 0 Å². The van der Waals surface area contributed by atoms with Gasteiger partial charge in [-0.2, -0.15) is 0 Å². The van der Waals surface area contributed by atoms with Crippen LogP contribution in [0.5, 0.6) is 0 Å². The summed E-state index contributed by atoms with van der Waals surface area (Å²) in [7, 11) is -1.21. The zero-order valence-electron chi connectivity index (χ0n) is 14.1. The van der Waals surface area contributed by atoms with Gasteiger partial charge in [-0.1, -0.05) is 46.2 Å². The molecule has 0 atom stereocenters. The minimum atomic E-state index is -1.03. The minimum Gasteiger partial charge on any atom is -0.423 e. The van der Waals surface area contributed by atoms with Crippen LogP contribution in [0.1, 0.15) is 27.7 Å². The average Bonchev–Trinajstić information content (AvgIpc) is 1.99. The Kier molecular flexibility index (Phi) is 8.46. The molecule has 0 heterocycles. The molecule has 2 nitrogen and oxygen atoms in total. The summed E-state index contributed by atoms with van der Waals surface area (Å²) in [6.07, 6.45) is 0. The van der Waals surface area contributed by atoms with Crippen molar-refractivity contribution in [2.75, 3.05) is 6.54 Å². The summed E-state index contributed by atoms with van der Waals surface area (Å²) in [5, 5.41) is 0. The lowest BCUT2D eigenvalue weighted by atomic mass is 10.2. The van der Waals surface area contributed by atoms with E-state index < -0.39 is 16.5 Å². The topological polar surface area (TPSA) is 12.5 Å². The molecule has 0 aliphatic carbocycles. The molecule has 0 rings (SSSR count). The van der Waals surface area contributed by atoms with E-state index in [1.807, 2.05) is 0 Å². The lowest BCUT2D eigenvalue weighted by molar-refractivity contribution is 0.147. The Balaban J connectivity index is 0. The zero-order valence-corrected chi connectivity index (χ0v) is 18.1. The van der Waals surface area contributed by atoms with Crippen molar-refractivity contribution in [1.29, 1.82) is 0 Å². The molecule has 17 heavy (non-hydrogen) atoms. The first-order valence-electron chi connectivity index (χ1n) is 6.58. The van der Waals surface area contributed by atoms with Gasteiger partial charge in [-0.25, -0.2) is 0 Å². The Labute approximate surface area is 115 Å². The number of rotatable bonds is 3. The van der Waals surface area contributed by atoms with Crippen molar-refractivity contribution in [3.05, 3.63) is 0 Å². The van der Waals surface area contributed by atoms with Crippen molar-refractivity contribution in [2.24, 2.45) is 0 Å². The van der Waals surface area contributed by atoms with Gasteiger partial charge in [-0.05, 0) is 27.3 Å². The van der Waals surface area contributed by atoms with E-state index >= 15 is 0 Å². The first-order chi connectivity index (χ1) is 7.25. The molecule has 0 aromatic heterocycles. The van der Waals surface area contributed by atoms with Crippen molar-refractivity contribution < 1.29 is 4.43 Å². The number of hydrogen-bond donors (Lipinski definition) is 0. The summed E-state index contributed by atoms with van der Waals surface area (Å²) in [6, 6.07) is 0. The van der Waals surface area contributed by atoms with Crippen LogP contribution in [0.15, 0.2) is 0 Å². The normalized spacial score (nSPS) is 13.6. The molecule has 0 spiro atoms. The van der Waals surface area contributed by atoms with Crippen LogP contribution in [0.3, 0.4) is 0 Å². The van der Waals surface area contributed by atoms with Gasteiger partial charge in [-0.15, -0.1) is 0 Å². The summed E-state index contributed by atoms with van der Waals surface area (Å²) in [5.74, 6) is 0. The molecule has 0 amide bonds. The monoisotopic (exact) mass is 293 g/mol. The van der Waals surface area contributed by atoms with Gasteiger partial charge in [0.1, 0.15) is 27.0 Å². The number of nitrogens with zero attached hydrogens (tertiary/aromatic N) is 1. The Bertz CT molecular complexity index is 187. The van der Waals surface area contributed by atoms with E-state index in [1.54, 1.807) is 0 Å². The van der Waals surface area contributed by atoms with Crippen molar-refractivity contribution in [1.82, 2.24) is 4.23 Å². The van der Waals surface area contributed by atoms with Crippen LogP contribution in [0.4, 0.5) is 0 Å². The Morgan fingerprint density at radius 3 is 1.18 bits per heavy atom. The highest BCUT2D eigenvalue weighted by Crippen LogP contribution is 2.18. The second kappa shape index (κ2) is 7.23. The molecular formula is C12H35NOSi3. The maximum absolute atomic E-state index is 5.08. The fourth-order valence-corrected chi connectivity index (χ4v) is 11.9. The van der Waals surface area contributed by atoms with Crippen LogP contribution in [-0.2, 0) is 4.43 Å². The first-order valence-corrected chi connectivity index (χ1v) is 14.3. The third-order valence-electron chi connectivity index (χ3n) is 2.55. The van der Waals surface area contributed by atoms with Crippen LogP contribution in [0.2, 0.25) is 39.3 Å². The molecule has 0 unspecified atom stereocenters. The van der Waals surface area contributed by atoms with E-state index in [-0.39, 0.29) is 5.60 Å². The highest BCUT2D eigenvalue weighted by atomic mass is 28.4. The fourth-order valence-electron chi connectivity index (χ4n) is 1.95. The Morgan fingerprint density at radius 2 is 1.18 bits per heavy atom. The lowest BCUT2D eigenvalue weighted by Gasteiger charge is -2.42. The molecule has 106 valence electrons. The molecule has 0 fully saturated rings. The van der Waals surface area contributed by atoms with Gasteiger partial charge in [0.05, 0.1) is 0 Å². The van der Waals surface area contributed by atoms with E-state index in [2.05, 4.69) is 71.2 Å². The molecule has 0 radical (unpaired) electrons. The highest BCUT2D eigenvalue weighted by Gasteiger charge is 2.32. The predicted octanol–water partition coefficient (Wildman–Crippen LogP) is 3.06. The maximum Gasteiger partial charge on any atom is 0.146 e. The second-order valence-electron chi connectivity index (χ2n) is 7.40. The smallest absolute Gasteiger partial charge is 0.146 e. The van der Waals surface area contributed by atoms with Gasteiger partial charge in [-0.3, -0.25) is 0 Å². The standard InChI is InChI=1S/C8H23NSi2.C4H12OSi/c1-8-9(10(2,3)4)11(5,6)7;1-4(2,3)5-6/h8H2,1-7H3;1-3,6H3. The van der Waals surface area contributed by atoms with E-state index in [1.165, 1.54) is 6.54 Å². The molecule has 0 aliphatic rings. The molecule has 0 saturated heterocycles. The van der Waals surface area contributed by atoms with Crippen molar-refractivity contribution in [3.63, 3.8) is 0 Å². The highest BCUT2D eigenvalue weighted by molar-refractivity contribution is 6.89. The summed E-state index contributed by atoms with van der Waals surface area (Å²) in [5.41, 5.74) is 0.103. The molecule has 0 saturated carbocycles. The number of hydrogen-bond acceptors (Lipinski definition) is 2. The summed E-state index contributed by atoms with van der Waals surface area (Å²) < 4.78 is 7.85. The van der Waals surface area contributed by atoms with Crippen LogP contribution in [0.25, 0.3) is 0 Å². The predicted molar refractivity (Wildman–Crippen MR) is 89.8 cm³/mol. The van der Waals surface area contributed by atoms with E-state index in [4.69, 9.17) is 4.43 Å². The van der Waals surface area contributed by atoms with Crippen LogP contribution in [-0.4, -0.2) is 43.3 Å². The molecule has 5 heteroatoms. The zero-order chi connectivity index (χ0) is 14.5. The SMILES string of the molecule is CC(C)(C)O[SiH3].CCN([Si](C)(C)C)[Si](C)(C)C. The summed E-state index contributed by atoms with van der Waals surface area (Å²) >= 11 is 0. The third-order valence-corrected chi connectivity index (χ3v) is 11.7. The lowest BCUT2D eigenvalue weighted by Crippen LogP contribution is -2.58. The van der Waals surface area contributed by atoms with E-state index in [0.717, 1.165) is 10.5 Å². The van der Waals surface area contributed by atoms with Crippen molar-refractivity contribution in [2.45, 2.75) is 72.6 Å². The second-order valence-corrected chi connectivity index (χ2v) is 18.0. The van der Waals surface area contributed by atoms with Gasteiger partial charge >= 0.3 is 0 Å². The van der Waals surface area contributed by atoms with E-state index in [0.29, 0.717) is 0 Å². The summed E-state index contributed by atoms with van der Waals surface area (Å²) in [4.78, 5) is 0. The molecule has 0 aromatic carbocycles. The minimum absolute atomic E-state index is 0.103. The third kappa shape index (κ3) is 11.4. The van der Waals surface area contributed by atoms with Crippen LogP contribution < -0.4 is 0 Å². The first kappa shape index (κ1) is 19.9.